The summed E-state index contributed by atoms with van der Waals surface area (Å²) in [4.78, 5) is 0. The van der Waals surface area contributed by atoms with E-state index in [2.05, 4.69) is 6.92 Å². The van der Waals surface area contributed by atoms with Gasteiger partial charge in [-0.25, -0.2) is 0 Å². The minimum Gasteiger partial charge on any atom is -0.327 e. The second-order valence-corrected chi connectivity index (χ2v) is 3.11. The Bertz CT molecular complexity index is 101. The van der Waals surface area contributed by atoms with Crippen LogP contribution in [-0.2, 0) is 0 Å². The lowest BCUT2D eigenvalue weighted by Crippen LogP contribution is -2.30. The van der Waals surface area contributed by atoms with Gasteiger partial charge in [-0.05, 0) is 18.8 Å². The molecule has 0 aliphatic heterocycles. The molecule has 0 amide bonds. The van der Waals surface area contributed by atoms with Crippen molar-refractivity contribution in [1.82, 2.24) is 0 Å². The van der Waals surface area contributed by atoms with E-state index in [1.807, 2.05) is 6.92 Å². The molecule has 4 N–H and O–H groups in total. The van der Waals surface area contributed by atoms with Crippen molar-refractivity contribution in [2.45, 2.75) is 32.4 Å². The first kappa shape index (κ1) is 6.05. The molecule has 0 saturated heterocycles. The van der Waals surface area contributed by atoms with Gasteiger partial charge in [-0.1, -0.05) is 6.92 Å². The molecule has 1 fully saturated rings. The zero-order valence-corrected chi connectivity index (χ0v) is 5.52. The molecule has 48 valence electrons. The van der Waals surface area contributed by atoms with Gasteiger partial charge in [0.05, 0.1) is 0 Å². The molecule has 0 radical (unpaired) electrons. The second kappa shape index (κ2) is 1.45. The van der Waals surface area contributed by atoms with Gasteiger partial charge in [-0.3, -0.25) is 0 Å². The Morgan fingerprint density at radius 3 is 2.12 bits per heavy atom. The summed E-state index contributed by atoms with van der Waals surface area (Å²) >= 11 is 0. The van der Waals surface area contributed by atoms with Crippen LogP contribution in [0.4, 0.5) is 0 Å². The normalized spacial score (nSPS) is 48.8. The van der Waals surface area contributed by atoms with Crippen molar-refractivity contribution in [3.63, 3.8) is 0 Å². The first-order valence-electron chi connectivity index (χ1n) is 3.08. The summed E-state index contributed by atoms with van der Waals surface area (Å²) < 4.78 is 0. The van der Waals surface area contributed by atoms with Crippen LogP contribution in [0.2, 0.25) is 0 Å². The van der Waals surface area contributed by atoms with E-state index in [9.17, 15) is 0 Å². The van der Waals surface area contributed by atoms with Gasteiger partial charge in [0.1, 0.15) is 0 Å². The van der Waals surface area contributed by atoms with Crippen LogP contribution in [0.3, 0.4) is 0 Å². The molecule has 1 saturated carbocycles. The summed E-state index contributed by atoms with van der Waals surface area (Å²) in [5.41, 5.74) is 11.5. The Hall–Kier alpha value is -0.0800. The van der Waals surface area contributed by atoms with Crippen molar-refractivity contribution in [3.05, 3.63) is 0 Å². The fourth-order valence-corrected chi connectivity index (χ4v) is 0.938. The van der Waals surface area contributed by atoms with Gasteiger partial charge in [0.25, 0.3) is 0 Å². The van der Waals surface area contributed by atoms with E-state index in [-0.39, 0.29) is 11.5 Å². The van der Waals surface area contributed by atoms with E-state index < -0.39 is 0 Å². The lowest BCUT2D eigenvalue weighted by Gasteiger charge is -2.12. The highest BCUT2D eigenvalue weighted by atomic mass is 14.9. The van der Waals surface area contributed by atoms with Crippen molar-refractivity contribution in [1.29, 1.82) is 0 Å². The van der Waals surface area contributed by atoms with Gasteiger partial charge in [0.2, 0.25) is 0 Å². The van der Waals surface area contributed by atoms with Crippen molar-refractivity contribution >= 4 is 0 Å². The fraction of sp³-hybridized carbons (Fsp3) is 1.00. The molecule has 2 heteroatoms. The van der Waals surface area contributed by atoms with Crippen LogP contribution in [0.5, 0.6) is 0 Å². The molecule has 3 atom stereocenters. The number of hydrogen-bond acceptors (Lipinski definition) is 2. The van der Waals surface area contributed by atoms with E-state index in [1.165, 1.54) is 0 Å². The minimum atomic E-state index is 0.262. The van der Waals surface area contributed by atoms with Crippen LogP contribution in [0.1, 0.15) is 20.3 Å². The minimum absolute atomic E-state index is 0.262. The number of hydrogen-bond donors (Lipinski definition) is 2. The Morgan fingerprint density at radius 2 is 2.12 bits per heavy atom. The maximum Gasteiger partial charge on any atom is 0.0115 e. The van der Waals surface area contributed by atoms with E-state index in [4.69, 9.17) is 11.5 Å². The van der Waals surface area contributed by atoms with E-state index in [0.29, 0.717) is 6.04 Å². The monoisotopic (exact) mass is 114 g/mol. The van der Waals surface area contributed by atoms with Crippen LogP contribution in [0, 0.1) is 5.41 Å². The van der Waals surface area contributed by atoms with Gasteiger partial charge < -0.3 is 11.5 Å². The third kappa shape index (κ3) is 0.644. The standard InChI is InChI=1S/C6H14N2/c1-4(7)6(2)3-5(6)8/h4-5H,3,7-8H2,1-2H3. The lowest BCUT2D eigenvalue weighted by molar-refractivity contribution is 0.448. The zero-order valence-electron chi connectivity index (χ0n) is 5.52. The Morgan fingerprint density at radius 1 is 1.75 bits per heavy atom. The van der Waals surface area contributed by atoms with Crippen LogP contribution in [0.25, 0.3) is 0 Å². The van der Waals surface area contributed by atoms with Crippen LogP contribution in [-0.4, -0.2) is 12.1 Å². The molecule has 0 heterocycles. The first-order valence-corrected chi connectivity index (χ1v) is 3.08. The molecule has 0 aromatic heterocycles. The maximum absolute atomic E-state index is 5.64. The third-order valence-electron chi connectivity index (χ3n) is 2.39. The van der Waals surface area contributed by atoms with Gasteiger partial charge in [-0.15, -0.1) is 0 Å². The second-order valence-electron chi connectivity index (χ2n) is 3.11. The van der Waals surface area contributed by atoms with Crippen molar-refractivity contribution in [3.8, 4) is 0 Å². The number of rotatable bonds is 1. The molecule has 3 unspecified atom stereocenters. The average Bonchev–Trinajstić information content (AvgIpc) is 2.17. The fourth-order valence-electron chi connectivity index (χ4n) is 0.938. The molecule has 1 aliphatic rings. The topological polar surface area (TPSA) is 52.0 Å². The number of nitrogens with two attached hydrogens (primary N) is 2. The molecule has 0 aromatic carbocycles. The predicted molar refractivity (Wildman–Crippen MR) is 34.3 cm³/mol. The maximum atomic E-state index is 5.64. The van der Waals surface area contributed by atoms with Gasteiger partial charge in [-0.2, -0.15) is 0 Å². The predicted octanol–water partition coefficient (Wildman–Crippen LogP) is 0.0709. The molecular formula is C6H14N2. The summed E-state index contributed by atoms with van der Waals surface area (Å²) in [5, 5.41) is 0. The highest BCUT2D eigenvalue weighted by molar-refractivity contribution is 5.07. The Kier molecular flexibility index (Phi) is 1.10. The van der Waals surface area contributed by atoms with Crippen LogP contribution < -0.4 is 11.5 Å². The zero-order chi connectivity index (χ0) is 6.36. The molecule has 0 spiro atoms. The lowest BCUT2D eigenvalue weighted by atomic mass is 10.0. The van der Waals surface area contributed by atoms with E-state index in [1.54, 1.807) is 0 Å². The molecule has 1 rings (SSSR count). The molecular weight excluding hydrogens is 100 g/mol. The summed E-state index contributed by atoms with van der Waals surface area (Å²) in [7, 11) is 0. The van der Waals surface area contributed by atoms with Gasteiger partial charge in [0, 0.05) is 12.1 Å². The highest BCUT2D eigenvalue weighted by Crippen LogP contribution is 2.45. The third-order valence-corrected chi connectivity index (χ3v) is 2.39. The SMILES string of the molecule is CC(N)C1(C)CC1N. The largest absolute Gasteiger partial charge is 0.327 e. The Balaban J connectivity index is 2.47. The quantitative estimate of drug-likeness (QED) is 0.507. The molecule has 8 heavy (non-hydrogen) atoms. The van der Waals surface area contributed by atoms with Crippen molar-refractivity contribution in [2.24, 2.45) is 16.9 Å². The van der Waals surface area contributed by atoms with E-state index >= 15 is 0 Å². The van der Waals surface area contributed by atoms with Gasteiger partial charge in [0.15, 0.2) is 0 Å². The molecule has 0 bridgehead atoms. The average molecular weight is 114 g/mol. The summed E-state index contributed by atoms with van der Waals surface area (Å²) in [6.45, 7) is 4.16. The highest BCUT2D eigenvalue weighted by Gasteiger charge is 2.49. The van der Waals surface area contributed by atoms with Crippen molar-refractivity contribution < 1.29 is 0 Å². The smallest absolute Gasteiger partial charge is 0.0115 e. The Labute approximate surface area is 50.2 Å². The molecule has 1 aliphatic carbocycles. The van der Waals surface area contributed by atoms with Gasteiger partial charge >= 0.3 is 0 Å². The van der Waals surface area contributed by atoms with Crippen LogP contribution in [0.15, 0.2) is 0 Å². The van der Waals surface area contributed by atoms with E-state index in [0.717, 1.165) is 6.42 Å². The summed E-state index contributed by atoms with van der Waals surface area (Å²) in [5.74, 6) is 0. The summed E-state index contributed by atoms with van der Waals surface area (Å²) in [6.07, 6.45) is 1.10. The van der Waals surface area contributed by atoms with Crippen molar-refractivity contribution in [2.75, 3.05) is 0 Å². The van der Waals surface area contributed by atoms with Crippen LogP contribution >= 0.6 is 0 Å². The molecule has 2 nitrogen and oxygen atoms in total. The first-order chi connectivity index (χ1) is 3.57. The molecule has 0 aromatic rings. The summed E-state index contributed by atoms with van der Waals surface area (Å²) in [6, 6.07) is 0.625.